The number of hydrogen-bond donors (Lipinski definition) is 4. The predicted molar refractivity (Wildman–Crippen MR) is 117 cm³/mol. The highest BCUT2D eigenvalue weighted by Gasteiger charge is 2.16. The number of benzene rings is 1. The van der Waals surface area contributed by atoms with Crippen molar-refractivity contribution in [1.29, 1.82) is 10.7 Å². The Balaban J connectivity index is 1.71. The number of carbonyl (C=O) groups excluding carboxylic acids is 1. The summed E-state index contributed by atoms with van der Waals surface area (Å²) in [5, 5.41) is 22.6. The molecule has 0 saturated heterocycles. The number of pyridine rings is 2. The number of nitrogens with two attached hydrogens (primary N) is 1. The van der Waals surface area contributed by atoms with Gasteiger partial charge in [-0.15, -0.1) is 0 Å². The van der Waals surface area contributed by atoms with Gasteiger partial charge >= 0.3 is 6.03 Å². The van der Waals surface area contributed by atoms with Crippen molar-refractivity contribution in [2.24, 2.45) is 0 Å². The van der Waals surface area contributed by atoms with Gasteiger partial charge in [-0.05, 0) is 29.8 Å². The molecule has 0 bridgehead atoms. The average molecular weight is 433 g/mol. The maximum absolute atomic E-state index is 13.2. The van der Waals surface area contributed by atoms with E-state index in [0.29, 0.717) is 16.7 Å². The number of carbonyl (C=O) groups is 1. The summed E-state index contributed by atoms with van der Waals surface area (Å²) < 4.78 is 18.3. The van der Waals surface area contributed by atoms with Crippen LogP contribution in [0.1, 0.15) is 28.4 Å². The van der Waals surface area contributed by atoms with Gasteiger partial charge in [0.1, 0.15) is 23.4 Å². The van der Waals surface area contributed by atoms with E-state index < -0.39 is 12.1 Å². The highest BCUT2D eigenvalue weighted by atomic mass is 19.1. The van der Waals surface area contributed by atoms with Crippen LogP contribution in [0.5, 0.6) is 0 Å². The molecule has 3 rings (SSSR count). The number of nitrogens with one attached hydrogen (secondary N) is 3. The van der Waals surface area contributed by atoms with Crippen molar-refractivity contribution in [1.82, 2.24) is 15.3 Å². The monoisotopic (exact) mass is 433 g/mol. The van der Waals surface area contributed by atoms with Gasteiger partial charge in [0, 0.05) is 42.4 Å². The van der Waals surface area contributed by atoms with Crippen molar-refractivity contribution in [2.75, 3.05) is 24.8 Å². The van der Waals surface area contributed by atoms with Crippen molar-refractivity contribution in [3.8, 4) is 6.07 Å². The fraction of sp³-hybridized carbons (Fsp3) is 0.136. The van der Waals surface area contributed by atoms with Crippen LogP contribution in [0.2, 0.25) is 0 Å². The van der Waals surface area contributed by atoms with Gasteiger partial charge in [-0.3, -0.25) is 10.7 Å². The Morgan fingerprint density at radius 1 is 1.28 bits per heavy atom. The summed E-state index contributed by atoms with van der Waals surface area (Å²) in [6.45, 7) is 0.182. The molecule has 0 aliphatic rings. The predicted octanol–water partition coefficient (Wildman–Crippen LogP) is 2.99. The first kappa shape index (κ1) is 22.3. The molecule has 3 aromatic rings. The third-order valence-corrected chi connectivity index (χ3v) is 4.52. The van der Waals surface area contributed by atoms with Crippen LogP contribution in [0.15, 0.2) is 54.9 Å². The molecule has 2 heterocycles. The van der Waals surface area contributed by atoms with E-state index in [1.807, 2.05) is 6.07 Å². The molecule has 0 spiro atoms. The molecule has 0 fully saturated rings. The Kier molecular flexibility index (Phi) is 7.05. The van der Waals surface area contributed by atoms with Crippen molar-refractivity contribution in [3.05, 3.63) is 83.1 Å². The number of amides is 2. The molecule has 5 N–H and O–H groups in total. The summed E-state index contributed by atoms with van der Waals surface area (Å²) in [7, 11) is 1.49. The maximum atomic E-state index is 13.2. The quantitative estimate of drug-likeness (QED) is 0.421. The van der Waals surface area contributed by atoms with Gasteiger partial charge < -0.3 is 15.8 Å². The molecule has 10 heteroatoms. The molecule has 2 amide bonds. The molecule has 0 aliphatic heterocycles. The first-order valence-electron chi connectivity index (χ1n) is 9.44. The highest BCUT2D eigenvalue weighted by molar-refractivity contribution is 6.13. The molecule has 0 radical (unpaired) electrons. The number of nitriles is 1. The molecule has 2 aromatic heterocycles. The van der Waals surface area contributed by atoms with E-state index in [-0.39, 0.29) is 35.3 Å². The molecule has 1 unspecified atom stereocenters. The van der Waals surface area contributed by atoms with Gasteiger partial charge in [0.2, 0.25) is 0 Å². The molecule has 1 aromatic carbocycles. The lowest BCUT2D eigenvalue weighted by Gasteiger charge is -2.19. The standard InChI is InChI=1S/C22H20FN7O2/c1-32-12-19(13-2-4-15(23)5-3-13)29-22(31)30-20-9-18(25)17(11-28-20)21(26)14-6-7-27-16(8-14)10-24/h2-9,11,19,26H,12H2,1H3,(H4,25,28,29,30,31). The Hall–Kier alpha value is -4.36. The zero-order chi connectivity index (χ0) is 23.1. The molecular formula is C22H20FN7O2. The van der Waals surface area contributed by atoms with Gasteiger partial charge in [-0.25, -0.2) is 19.2 Å². The Labute approximate surface area is 183 Å². The molecule has 0 aliphatic carbocycles. The van der Waals surface area contributed by atoms with Crippen molar-refractivity contribution >= 4 is 23.2 Å². The highest BCUT2D eigenvalue weighted by Crippen LogP contribution is 2.20. The average Bonchev–Trinajstić information content (AvgIpc) is 2.79. The summed E-state index contributed by atoms with van der Waals surface area (Å²) in [4.78, 5) is 20.5. The topological polar surface area (TPSA) is 150 Å². The fourth-order valence-electron chi connectivity index (χ4n) is 2.94. The number of methoxy groups -OCH3 is 1. The lowest BCUT2D eigenvalue weighted by molar-refractivity contribution is 0.168. The first-order chi connectivity index (χ1) is 15.4. The minimum absolute atomic E-state index is 0.0707. The molecule has 0 saturated carbocycles. The SMILES string of the molecule is COCC(NC(=O)Nc1cc(N)c(C(=N)c2ccnc(C#N)c2)cn1)c1ccc(F)cc1. The van der Waals surface area contributed by atoms with Gasteiger partial charge in [0.25, 0.3) is 0 Å². The van der Waals surface area contributed by atoms with Crippen LogP contribution in [-0.4, -0.2) is 35.4 Å². The summed E-state index contributed by atoms with van der Waals surface area (Å²) >= 11 is 0. The normalized spacial score (nSPS) is 11.3. The minimum atomic E-state index is -0.557. The van der Waals surface area contributed by atoms with Crippen LogP contribution in [-0.2, 0) is 4.74 Å². The van der Waals surface area contributed by atoms with E-state index in [0.717, 1.165) is 0 Å². The number of anilines is 2. The molecule has 1 atom stereocenters. The number of nitrogen functional groups attached to an aromatic ring is 1. The number of rotatable bonds is 7. The molecule has 32 heavy (non-hydrogen) atoms. The summed E-state index contributed by atoms with van der Waals surface area (Å²) in [5.74, 6) is -0.199. The first-order valence-corrected chi connectivity index (χ1v) is 9.44. The summed E-state index contributed by atoms with van der Waals surface area (Å²) in [6.07, 6.45) is 2.80. The van der Waals surface area contributed by atoms with Crippen LogP contribution < -0.4 is 16.4 Å². The van der Waals surface area contributed by atoms with Crippen LogP contribution in [0, 0.1) is 22.6 Å². The number of nitrogens with zero attached hydrogens (tertiary/aromatic N) is 3. The van der Waals surface area contributed by atoms with Crippen LogP contribution in [0.25, 0.3) is 0 Å². The maximum Gasteiger partial charge on any atom is 0.320 e. The number of ether oxygens (including phenoxy) is 1. The largest absolute Gasteiger partial charge is 0.398 e. The Morgan fingerprint density at radius 2 is 2.03 bits per heavy atom. The van der Waals surface area contributed by atoms with Gasteiger partial charge in [0.05, 0.1) is 18.4 Å². The number of urea groups is 1. The van der Waals surface area contributed by atoms with Gasteiger partial charge in [-0.2, -0.15) is 5.26 Å². The van der Waals surface area contributed by atoms with Crippen molar-refractivity contribution in [3.63, 3.8) is 0 Å². The van der Waals surface area contributed by atoms with Crippen LogP contribution >= 0.6 is 0 Å². The number of aromatic nitrogens is 2. The Bertz CT molecular complexity index is 1180. The van der Waals surface area contributed by atoms with Crippen molar-refractivity contribution < 1.29 is 13.9 Å². The van der Waals surface area contributed by atoms with Gasteiger partial charge in [0.15, 0.2) is 0 Å². The Morgan fingerprint density at radius 3 is 2.69 bits per heavy atom. The van der Waals surface area contributed by atoms with Gasteiger partial charge in [-0.1, -0.05) is 12.1 Å². The van der Waals surface area contributed by atoms with Crippen LogP contribution in [0.3, 0.4) is 0 Å². The minimum Gasteiger partial charge on any atom is -0.398 e. The summed E-state index contributed by atoms with van der Waals surface area (Å²) in [6, 6.07) is 11.1. The zero-order valence-electron chi connectivity index (χ0n) is 17.1. The van der Waals surface area contributed by atoms with E-state index in [4.69, 9.17) is 21.1 Å². The molecule has 162 valence electrons. The lowest BCUT2D eigenvalue weighted by atomic mass is 10.0. The van der Waals surface area contributed by atoms with Crippen molar-refractivity contribution in [2.45, 2.75) is 6.04 Å². The van der Waals surface area contributed by atoms with E-state index >= 15 is 0 Å². The van der Waals surface area contributed by atoms with E-state index in [1.165, 1.54) is 43.8 Å². The number of halogens is 1. The fourth-order valence-corrected chi connectivity index (χ4v) is 2.94. The van der Waals surface area contributed by atoms with E-state index in [2.05, 4.69) is 20.6 Å². The number of hydrogen-bond acceptors (Lipinski definition) is 7. The third-order valence-electron chi connectivity index (χ3n) is 4.52. The summed E-state index contributed by atoms with van der Waals surface area (Å²) in [5.41, 5.74) is 8.03. The van der Waals surface area contributed by atoms with Crippen LogP contribution in [0.4, 0.5) is 20.7 Å². The smallest absolute Gasteiger partial charge is 0.320 e. The molecular weight excluding hydrogens is 413 g/mol. The third kappa shape index (κ3) is 5.41. The zero-order valence-corrected chi connectivity index (χ0v) is 17.1. The second-order valence-corrected chi connectivity index (χ2v) is 6.73. The van der Waals surface area contributed by atoms with E-state index in [9.17, 15) is 9.18 Å². The lowest BCUT2D eigenvalue weighted by Crippen LogP contribution is -2.35. The second kappa shape index (κ2) is 10.1. The molecule has 9 nitrogen and oxygen atoms in total. The second-order valence-electron chi connectivity index (χ2n) is 6.73. The van der Waals surface area contributed by atoms with E-state index in [1.54, 1.807) is 18.2 Å².